The average molecular weight is 483 g/mol. The van der Waals surface area contributed by atoms with Gasteiger partial charge in [-0.2, -0.15) is 35.8 Å². The molecule has 0 fully saturated rings. The Bertz CT molecular complexity index is 696. The number of alkyl halides is 7. The third-order valence-corrected chi connectivity index (χ3v) is 3.98. The first-order valence-corrected chi connectivity index (χ1v) is 8.81. The Labute approximate surface area is 165 Å². The molecule has 4 nitrogen and oxygen atoms in total. The average Bonchev–Trinajstić information content (AvgIpc) is 2.56. The van der Waals surface area contributed by atoms with E-state index in [1.165, 1.54) is 12.1 Å². The molecular formula is C16H18BrF7N2O2. The number of benzene rings is 1. The molecule has 0 spiro atoms. The van der Waals surface area contributed by atoms with Crippen molar-refractivity contribution in [3.63, 3.8) is 0 Å². The van der Waals surface area contributed by atoms with Gasteiger partial charge in [-0.15, -0.1) is 0 Å². The van der Waals surface area contributed by atoms with Crippen LogP contribution in [0.25, 0.3) is 0 Å². The Morgan fingerprint density at radius 1 is 1.14 bits per heavy atom. The van der Waals surface area contributed by atoms with Crippen molar-refractivity contribution < 1.29 is 40.2 Å². The number of ether oxygens (including phenoxy) is 2. The molecule has 0 aromatic heterocycles. The second-order valence-corrected chi connectivity index (χ2v) is 6.47. The van der Waals surface area contributed by atoms with E-state index in [9.17, 15) is 30.7 Å². The van der Waals surface area contributed by atoms with Gasteiger partial charge in [-0.25, -0.2) is 5.43 Å². The van der Waals surface area contributed by atoms with E-state index < -0.39 is 18.1 Å². The Kier molecular flexibility index (Phi) is 7.98. The minimum Gasteiger partial charge on any atom is -0.490 e. The van der Waals surface area contributed by atoms with Crippen molar-refractivity contribution in [1.82, 2.24) is 5.43 Å². The molecule has 160 valence electrons. The zero-order chi connectivity index (χ0) is 21.8. The third-order valence-electron chi connectivity index (χ3n) is 3.39. The molecule has 1 N–H and O–H groups in total. The first-order chi connectivity index (χ1) is 12.8. The standard InChI is InChI=1S/C16H18BrF7N2O2/c1-4-9(3)28-13-11(17)6-10(7-12(13)27-5-2)8-25-26-16(23,24)14(18,19)15(20,21)22/h6-9,26H,4-5H2,1-3H3/b25-8-/t9-/m0/s1. The first kappa shape index (κ1) is 24.3. The molecule has 28 heavy (non-hydrogen) atoms. The minimum absolute atomic E-state index is 0.0884. The molecule has 0 heterocycles. The van der Waals surface area contributed by atoms with E-state index >= 15 is 0 Å². The van der Waals surface area contributed by atoms with Crippen molar-refractivity contribution in [1.29, 1.82) is 0 Å². The molecular weight excluding hydrogens is 465 g/mol. The molecule has 1 aromatic rings. The fourth-order valence-corrected chi connectivity index (χ4v) is 2.31. The Morgan fingerprint density at radius 2 is 1.75 bits per heavy atom. The van der Waals surface area contributed by atoms with E-state index in [1.807, 2.05) is 13.8 Å². The minimum atomic E-state index is -6.45. The molecule has 0 aliphatic rings. The van der Waals surface area contributed by atoms with Crippen LogP contribution in [0.2, 0.25) is 0 Å². The summed E-state index contributed by atoms with van der Waals surface area (Å²) in [6.45, 7) is 5.62. The molecule has 1 rings (SSSR count). The van der Waals surface area contributed by atoms with Crippen LogP contribution < -0.4 is 14.9 Å². The second kappa shape index (κ2) is 9.19. The van der Waals surface area contributed by atoms with Crippen LogP contribution in [0, 0.1) is 0 Å². The maximum absolute atomic E-state index is 13.2. The van der Waals surface area contributed by atoms with Gasteiger partial charge in [0.15, 0.2) is 11.5 Å². The van der Waals surface area contributed by atoms with Gasteiger partial charge in [0.05, 0.1) is 23.4 Å². The summed E-state index contributed by atoms with van der Waals surface area (Å²) >= 11 is 3.21. The summed E-state index contributed by atoms with van der Waals surface area (Å²) in [5, 5.41) is 2.82. The molecule has 0 bridgehead atoms. The van der Waals surface area contributed by atoms with Crippen molar-refractivity contribution in [3.05, 3.63) is 22.2 Å². The number of halogens is 8. The number of rotatable bonds is 9. The van der Waals surface area contributed by atoms with E-state index in [0.717, 1.165) is 0 Å². The quantitative estimate of drug-likeness (QED) is 0.211. The number of hydrazone groups is 1. The predicted octanol–water partition coefficient (Wildman–Crippen LogP) is 5.74. The van der Waals surface area contributed by atoms with Gasteiger partial charge in [0.2, 0.25) is 0 Å². The van der Waals surface area contributed by atoms with Crippen LogP contribution in [-0.4, -0.2) is 37.1 Å². The van der Waals surface area contributed by atoms with E-state index in [4.69, 9.17) is 9.47 Å². The summed E-state index contributed by atoms with van der Waals surface area (Å²) in [5.74, 6) is -5.76. The van der Waals surface area contributed by atoms with Gasteiger partial charge in [0, 0.05) is 0 Å². The first-order valence-electron chi connectivity index (χ1n) is 8.02. The second-order valence-electron chi connectivity index (χ2n) is 5.62. The molecule has 0 amide bonds. The van der Waals surface area contributed by atoms with Crippen LogP contribution in [-0.2, 0) is 0 Å². The maximum atomic E-state index is 13.2. The summed E-state index contributed by atoms with van der Waals surface area (Å²) in [6, 6.07) is -2.97. The van der Waals surface area contributed by atoms with Crippen LogP contribution in [0.1, 0.15) is 32.8 Å². The highest BCUT2D eigenvalue weighted by Gasteiger charge is 2.73. The van der Waals surface area contributed by atoms with Gasteiger partial charge >= 0.3 is 18.1 Å². The molecule has 0 aliphatic heterocycles. The normalized spacial score (nSPS) is 14.2. The Morgan fingerprint density at radius 3 is 2.25 bits per heavy atom. The zero-order valence-corrected chi connectivity index (χ0v) is 16.6. The highest BCUT2D eigenvalue weighted by Crippen LogP contribution is 2.45. The number of nitrogens with zero attached hydrogens (tertiary/aromatic N) is 1. The molecule has 0 radical (unpaired) electrons. The van der Waals surface area contributed by atoms with Crippen LogP contribution in [0.15, 0.2) is 21.7 Å². The Hall–Kier alpha value is -1.72. The van der Waals surface area contributed by atoms with Gasteiger partial charge in [-0.1, -0.05) is 6.92 Å². The van der Waals surface area contributed by atoms with Gasteiger partial charge < -0.3 is 9.47 Å². The maximum Gasteiger partial charge on any atom is 0.462 e. The summed E-state index contributed by atoms with van der Waals surface area (Å²) < 4.78 is 99.7. The van der Waals surface area contributed by atoms with Gasteiger partial charge in [0.25, 0.3) is 0 Å². The largest absolute Gasteiger partial charge is 0.490 e. The molecule has 1 atom stereocenters. The molecule has 0 saturated carbocycles. The van der Waals surface area contributed by atoms with E-state index in [0.29, 0.717) is 28.3 Å². The van der Waals surface area contributed by atoms with Crippen molar-refractivity contribution in [2.24, 2.45) is 5.10 Å². The topological polar surface area (TPSA) is 42.8 Å². The third kappa shape index (κ3) is 5.65. The smallest absolute Gasteiger partial charge is 0.462 e. The number of hydrogen-bond donors (Lipinski definition) is 1. The highest BCUT2D eigenvalue weighted by molar-refractivity contribution is 9.10. The summed E-state index contributed by atoms with van der Waals surface area (Å²) in [5.41, 5.74) is 0.648. The van der Waals surface area contributed by atoms with Crippen molar-refractivity contribution in [2.75, 3.05) is 6.61 Å². The van der Waals surface area contributed by atoms with Gasteiger partial charge in [0.1, 0.15) is 0 Å². The molecule has 0 saturated heterocycles. The van der Waals surface area contributed by atoms with E-state index in [-0.39, 0.29) is 24.0 Å². The van der Waals surface area contributed by atoms with E-state index in [1.54, 1.807) is 6.92 Å². The lowest BCUT2D eigenvalue weighted by atomic mass is 10.2. The van der Waals surface area contributed by atoms with Crippen molar-refractivity contribution in [3.8, 4) is 11.5 Å². The molecule has 1 aromatic carbocycles. The van der Waals surface area contributed by atoms with Gasteiger partial charge in [-0.3, -0.25) is 0 Å². The fraction of sp³-hybridized carbons (Fsp3) is 0.562. The molecule has 0 aliphatic carbocycles. The summed E-state index contributed by atoms with van der Waals surface area (Å²) in [7, 11) is 0. The zero-order valence-electron chi connectivity index (χ0n) is 15.0. The van der Waals surface area contributed by atoms with Gasteiger partial charge in [-0.05, 0) is 53.9 Å². The monoisotopic (exact) mass is 482 g/mol. The number of nitrogens with one attached hydrogen (secondary N) is 1. The SMILES string of the molecule is CCOc1cc(/C=N\NC(F)(F)C(F)(F)C(F)(F)F)cc(Br)c1O[C@@H](C)CC. The van der Waals surface area contributed by atoms with Crippen LogP contribution in [0.5, 0.6) is 11.5 Å². The fourth-order valence-electron chi connectivity index (χ4n) is 1.76. The van der Waals surface area contributed by atoms with Crippen LogP contribution in [0.4, 0.5) is 30.7 Å². The number of hydrogen-bond acceptors (Lipinski definition) is 4. The van der Waals surface area contributed by atoms with E-state index in [2.05, 4.69) is 21.0 Å². The lowest BCUT2D eigenvalue weighted by Crippen LogP contribution is -2.58. The summed E-state index contributed by atoms with van der Waals surface area (Å²) in [6.07, 6.45) is -5.27. The lowest BCUT2D eigenvalue weighted by Gasteiger charge is -2.27. The predicted molar refractivity (Wildman–Crippen MR) is 92.4 cm³/mol. The highest BCUT2D eigenvalue weighted by atomic mass is 79.9. The van der Waals surface area contributed by atoms with Crippen molar-refractivity contribution >= 4 is 22.1 Å². The molecule has 0 unspecified atom stereocenters. The van der Waals surface area contributed by atoms with Crippen molar-refractivity contribution in [2.45, 2.75) is 51.4 Å². The summed E-state index contributed by atoms with van der Waals surface area (Å²) in [4.78, 5) is 0. The van der Waals surface area contributed by atoms with Crippen LogP contribution in [0.3, 0.4) is 0 Å². The van der Waals surface area contributed by atoms with Crippen LogP contribution >= 0.6 is 15.9 Å². The Balaban J connectivity index is 3.09. The molecule has 12 heteroatoms. The lowest BCUT2D eigenvalue weighted by molar-refractivity contribution is -0.361.